The van der Waals surface area contributed by atoms with Gasteiger partial charge < -0.3 is 29.7 Å². The molecular formula is C30H38N4O6. The Hall–Kier alpha value is -4.08. The molecule has 10 heteroatoms. The van der Waals surface area contributed by atoms with Gasteiger partial charge in [-0.05, 0) is 55.0 Å². The third-order valence-corrected chi connectivity index (χ3v) is 7.23. The molecule has 0 spiro atoms. The number of nitrogens with zero attached hydrogens (tertiary/aromatic N) is 2. The summed E-state index contributed by atoms with van der Waals surface area (Å²) >= 11 is 0. The highest BCUT2D eigenvalue weighted by molar-refractivity contribution is 6.08. The van der Waals surface area contributed by atoms with Gasteiger partial charge in [0.15, 0.2) is 12.4 Å². The van der Waals surface area contributed by atoms with Crippen molar-refractivity contribution in [2.75, 3.05) is 44.8 Å². The number of amidine groups is 1. The van der Waals surface area contributed by atoms with Crippen molar-refractivity contribution in [3.63, 3.8) is 0 Å². The molecule has 2 aliphatic rings. The van der Waals surface area contributed by atoms with E-state index in [4.69, 9.17) is 14.9 Å². The number of anilines is 1. The number of carbonyl (C=O) groups excluding carboxylic acids is 2. The van der Waals surface area contributed by atoms with E-state index in [1.807, 2.05) is 27.7 Å². The average molecular weight is 551 g/mol. The van der Waals surface area contributed by atoms with E-state index in [0.29, 0.717) is 41.3 Å². The number of rotatable bonds is 10. The molecule has 0 bridgehead atoms. The lowest BCUT2D eigenvalue weighted by molar-refractivity contribution is -0.139. The van der Waals surface area contributed by atoms with Crippen LogP contribution in [-0.4, -0.2) is 73.4 Å². The molecule has 0 unspecified atom stereocenters. The van der Waals surface area contributed by atoms with E-state index in [-0.39, 0.29) is 24.1 Å². The molecule has 2 heterocycles. The zero-order valence-electron chi connectivity index (χ0n) is 23.8. The Morgan fingerprint density at radius 2 is 1.77 bits per heavy atom. The number of nitrogens with one attached hydrogen (secondary N) is 2. The van der Waals surface area contributed by atoms with Crippen LogP contribution in [0.15, 0.2) is 24.3 Å². The quantitative estimate of drug-likeness (QED) is 0.380. The zero-order valence-corrected chi connectivity index (χ0v) is 23.8. The predicted octanol–water partition coefficient (Wildman–Crippen LogP) is 3.83. The summed E-state index contributed by atoms with van der Waals surface area (Å²) in [6, 6.07) is 7.02. The standard InChI is InChI=1S/C30H38N4O6/c1-6-39-25-13-19-15-34(28(31)20(19)14-21(25)29(38)32-5)16-24(35)18-11-22(30(2,3)4)27(40-17-26(36)37)23(12-18)33-9-7-8-10-33/h11-14,31H,6-10,15-17H2,1-5H3,(H,32,38)(H,36,37). The number of benzene rings is 2. The van der Waals surface area contributed by atoms with Gasteiger partial charge in [-0.2, -0.15) is 0 Å². The Labute approximate surface area is 234 Å². The number of fused-ring (bicyclic) bond motifs is 1. The van der Waals surface area contributed by atoms with Gasteiger partial charge in [0.1, 0.15) is 17.3 Å². The second-order valence-electron chi connectivity index (χ2n) is 11.1. The van der Waals surface area contributed by atoms with E-state index in [0.717, 1.165) is 42.7 Å². The molecule has 2 aromatic carbocycles. The molecule has 1 saturated heterocycles. The number of carboxylic acid groups (broad SMARTS) is 1. The maximum Gasteiger partial charge on any atom is 0.341 e. The molecule has 2 aromatic rings. The fraction of sp³-hybridized carbons (Fsp3) is 0.467. The van der Waals surface area contributed by atoms with Crippen LogP contribution >= 0.6 is 0 Å². The van der Waals surface area contributed by atoms with Gasteiger partial charge in [0.25, 0.3) is 5.91 Å². The van der Waals surface area contributed by atoms with Gasteiger partial charge in [0, 0.05) is 43.4 Å². The van der Waals surface area contributed by atoms with Crippen LogP contribution in [-0.2, 0) is 16.8 Å². The number of ketones is 1. The molecule has 1 amide bonds. The smallest absolute Gasteiger partial charge is 0.341 e. The Bertz CT molecular complexity index is 1340. The molecule has 214 valence electrons. The summed E-state index contributed by atoms with van der Waals surface area (Å²) in [7, 11) is 1.54. The molecule has 0 aromatic heterocycles. The SMILES string of the molecule is CCOc1cc2c(cc1C(=O)NC)C(=N)N(CC(=O)c1cc(N3CCCC3)c(OCC(=O)O)c(C(C)(C)C)c1)C2. The lowest BCUT2D eigenvalue weighted by atomic mass is 9.84. The van der Waals surface area contributed by atoms with Crippen LogP contribution in [0.3, 0.4) is 0 Å². The van der Waals surface area contributed by atoms with E-state index >= 15 is 0 Å². The molecule has 2 aliphatic heterocycles. The van der Waals surface area contributed by atoms with E-state index in [9.17, 15) is 19.5 Å². The van der Waals surface area contributed by atoms with Crippen LogP contribution in [0.2, 0.25) is 0 Å². The summed E-state index contributed by atoms with van der Waals surface area (Å²) in [5, 5.41) is 20.7. The Morgan fingerprint density at radius 3 is 2.38 bits per heavy atom. The fourth-order valence-corrected chi connectivity index (χ4v) is 5.22. The molecule has 0 radical (unpaired) electrons. The third kappa shape index (κ3) is 5.90. The van der Waals surface area contributed by atoms with Gasteiger partial charge in [0.05, 0.1) is 24.4 Å². The Kier molecular flexibility index (Phi) is 8.37. The molecule has 3 N–H and O–H groups in total. The molecular weight excluding hydrogens is 512 g/mol. The average Bonchev–Trinajstić information content (AvgIpc) is 3.54. The summed E-state index contributed by atoms with van der Waals surface area (Å²) in [5.74, 6) is -0.406. The van der Waals surface area contributed by atoms with Crippen LogP contribution in [0, 0.1) is 5.41 Å². The van der Waals surface area contributed by atoms with Gasteiger partial charge in [-0.15, -0.1) is 0 Å². The molecule has 0 aliphatic carbocycles. The van der Waals surface area contributed by atoms with Crippen LogP contribution in [0.5, 0.6) is 11.5 Å². The number of Topliss-reactive ketones (excluding diaryl/α,β-unsaturated/α-hetero) is 1. The minimum absolute atomic E-state index is 0.0227. The Balaban J connectivity index is 1.67. The fourth-order valence-electron chi connectivity index (χ4n) is 5.22. The van der Waals surface area contributed by atoms with Crippen LogP contribution < -0.4 is 19.7 Å². The molecule has 40 heavy (non-hydrogen) atoms. The number of hydrogen-bond donors (Lipinski definition) is 3. The largest absolute Gasteiger partial charge is 0.493 e. The van der Waals surface area contributed by atoms with Gasteiger partial charge >= 0.3 is 5.97 Å². The van der Waals surface area contributed by atoms with E-state index in [1.54, 1.807) is 36.2 Å². The number of carboxylic acids is 1. The maximum absolute atomic E-state index is 13.7. The van der Waals surface area contributed by atoms with E-state index in [1.165, 1.54) is 0 Å². The van der Waals surface area contributed by atoms with Gasteiger partial charge in [-0.25, -0.2) is 4.79 Å². The molecule has 1 fully saturated rings. The monoisotopic (exact) mass is 550 g/mol. The van der Waals surface area contributed by atoms with Gasteiger partial charge in [0.2, 0.25) is 0 Å². The Morgan fingerprint density at radius 1 is 1.07 bits per heavy atom. The number of ether oxygens (including phenoxy) is 2. The topological polar surface area (TPSA) is 132 Å². The number of amides is 1. The normalized spacial score (nSPS) is 14.8. The highest BCUT2D eigenvalue weighted by Gasteiger charge is 2.32. The summed E-state index contributed by atoms with van der Waals surface area (Å²) in [6.45, 7) is 9.70. The summed E-state index contributed by atoms with van der Waals surface area (Å²) in [4.78, 5) is 41.4. The lowest BCUT2D eigenvalue weighted by Crippen LogP contribution is -2.31. The van der Waals surface area contributed by atoms with Crippen molar-refractivity contribution in [3.05, 3.63) is 52.1 Å². The van der Waals surface area contributed by atoms with Crippen LogP contribution in [0.25, 0.3) is 0 Å². The van der Waals surface area contributed by atoms with Crippen molar-refractivity contribution in [2.24, 2.45) is 0 Å². The van der Waals surface area contributed by atoms with Crippen molar-refractivity contribution < 1.29 is 29.0 Å². The molecule has 4 rings (SSSR count). The van der Waals surface area contributed by atoms with Gasteiger partial charge in [-0.3, -0.25) is 15.0 Å². The van der Waals surface area contributed by atoms with Crippen LogP contribution in [0.4, 0.5) is 5.69 Å². The number of aliphatic carboxylic acids is 1. The molecule has 0 atom stereocenters. The minimum atomic E-state index is -1.06. The second kappa shape index (κ2) is 11.6. The first-order chi connectivity index (χ1) is 18.9. The number of hydrogen-bond acceptors (Lipinski definition) is 7. The zero-order chi connectivity index (χ0) is 29.2. The van der Waals surface area contributed by atoms with Crippen LogP contribution in [0.1, 0.15) is 77.9 Å². The van der Waals surface area contributed by atoms with Crippen molar-refractivity contribution in [2.45, 2.75) is 52.5 Å². The van der Waals surface area contributed by atoms with Crippen molar-refractivity contribution >= 4 is 29.2 Å². The molecule has 0 saturated carbocycles. The summed E-state index contributed by atoms with van der Waals surface area (Å²) in [5.41, 5.74) is 3.33. The summed E-state index contributed by atoms with van der Waals surface area (Å²) in [6.07, 6.45) is 2.01. The first kappa shape index (κ1) is 28.9. The predicted molar refractivity (Wildman–Crippen MR) is 152 cm³/mol. The minimum Gasteiger partial charge on any atom is -0.493 e. The van der Waals surface area contributed by atoms with Crippen molar-refractivity contribution in [3.8, 4) is 11.5 Å². The lowest BCUT2D eigenvalue weighted by Gasteiger charge is -2.29. The highest BCUT2D eigenvalue weighted by atomic mass is 16.5. The summed E-state index contributed by atoms with van der Waals surface area (Å²) < 4.78 is 11.5. The van der Waals surface area contributed by atoms with Gasteiger partial charge in [-0.1, -0.05) is 20.8 Å². The van der Waals surface area contributed by atoms with E-state index in [2.05, 4.69) is 10.2 Å². The second-order valence-corrected chi connectivity index (χ2v) is 11.1. The van der Waals surface area contributed by atoms with Crippen molar-refractivity contribution in [1.29, 1.82) is 5.41 Å². The first-order valence-corrected chi connectivity index (χ1v) is 13.6. The first-order valence-electron chi connectivity index (χ1n) is 13.6. The highest BCUT2D eigenvalue weighted by Crippen LogP contribution is 2.42. The third-order valence-electron chi connectivity index (χ3n) is 7.23. The molecule has 10 nitrogen and oxygen atoms in total. The maximum atomic E-state index is 13.7. The van der Waals surface area contributed by atoms with Crippen molar-refractivity contribution in [1.82, 2.24) is 10.2 Å². The number of carbonyl (C=O) groups is 3. The van der Waals surface area contributed by atoms with E-state index < -0.39 is 18.0 Å².